The van der Waals surface area contributed by atoms with Crippen molar-refractivity contribution in [3.8, 4) is 5.75 Å². The van der Waals surface area contributed by atoms with E-state index in [9.17, 15) is 19.5 Å². The third kappa shape index (κ3) is 5.38. The van der Waals surface area contributed by atoms with E-state index < -0.39 is 23.7 Å². The molecule has 1 aromatic heterocycles. The minimum absolute atomic E-state index is 0.0583. The molecule has 190 valence electrons. The molecule has 0 saturated carbocycles. The van der Waals surface area contributed by atoms with E-state index in [0.29, 0.717) is 47.8 Å². The Labute approximate surface area is 215 Å². The van der Waals surface area contributed by atoms with E-state index in [-0.39, 0.29) is 11.3 Å². The average molecular weight is 501 g/mol. The molecule has 2 heterocycles. The Hall–Kier alpha value is -4.46. The monoisotopic (exact) mass is 500 g/mol. The predicted octanol–water partition coefficient (Wildman–Crippen LogP) is 5.06. The van der Waals surface area contributed by atoms with Gasteiger partial charge in [-0.3, -0.25) is 19.5 Å². The molecule has 0 aliphatic carbocycles. The van der Waals surface area contributed by atoms with Crippen LogP contribution in [0.1, 0.15) is 54.2 Å². The second-order valence-corrected chi connectivity index (χ2v) is 8.51. The number of aliphatic hydroxyl groups is 1. The van der Waals surface area contributed by atoms with Crippen molar-refractivity contribution in [2.45, 2.75) is 32.7 Å². The number of rotatable bonds is 9. The second-order valence-electron chi connectivity index (χ2n) is 8.51. The molecule has 4 rings (SSSR count). The van der Waals surface area contributed by atoms with Crippen LogP contribution in [0.25, 0.3) is 5.76 Å². The molecule has 3 aromatic rings. The zero-order valence-corrected chi connectivity index (χ0v) is 20.7. The maximum atomic E-state index is 13.3. The number of esters is 1. The van der Waals surface area contributed by atoms with Crippen LogP contribution in [-0.4, -0.2) is 41.0 Å². The van der Waals surface area contributed by atoms with E-state index in [1.54, 1.807) is 73.1 Å². The number of benzene rings is 2. The van der Waals surface area contributed by atoms with Gasteiger partial charge in [-0.05, 0) is 60.9 Å². The number of carbonyl (C=O) groups is 3. The summed E-state index contributed by atoms with van der Waals surface area (Å²) >= 11 is 0. The van der Waals surface area contributed by atoms with Gasteiger partial charge < -0.3 is 14.6 Å². The molecule has 0 bridgehead atoms. The largest absolute Gasteiger partial charge is 0.507 e. The molecular weight excluding hydrogens is 472 g/mol. The number of ketones is 1. The summed E-state index contributed by atoms with van der Waals surface area (Å²) in [6.07, 6.45) is 4.65. The fourth-order valence-electron chi connectivity index (χ4n) is 4.10. The fourth-order valence-corrected chi connectivity index (χ4v) is 4.10. The first kappa shape index (κ1) is 25.6. The first-order chi connectivity index (χ1) is 18.0. The Morgan fingerprint density at radius 1 is 0.973 bits per heavy atom. The topological polar surface area (TPSA) is 106 Å². The normalized spacial score (nSPS) is 16.6. The lowest BCUT2D eigenvalue weighted by atomic mass is 9.96. The third-order valence-corrected chi connectivity index (χ3v) is 5.84. The van der Waals surface area contributed by atoms with Crippen molar-refractivity contribution in [1.82, 2.24) is 4.98 Å². The first-order valence-corrected chi connectivity index (χ1v) is 12.2. The maximum Gasteiger partial charge on any atom is 0.338 e. The molecular formula is C29H28N2O6. The molecule has 0 spiro atoms. The Kier molecular flexibility index (Phi) is 7.98. The Balaban J connectivity index is 1.78. The fraction of sp³-hybridized carbons (Fsp3) is 0.241. The molecule has 1 amide bonds. The van der Waals surface area contributed by atoms with E-state index >= 15 is 0 Å². The van der Waals surface area contributed by atoms with Crippen molar-refractivity contribution in [2.75, 3.05) is 18.1 Å². The van der Waals surface area contributed by atoms with Crippen molar-refractivity contribution < 1.29 is 29.0 Å². The number of amides is 1. The van der Waals surface area contributed by atoms with Crippen LogP contribution in [0.5, 0.6) is 5.75 Å². The number of pyridine rings is 1. The van der Waals surface area contributed by atoms with Crippen LogP contribution in [0.4, 0.5) is 5.69 Å². The highest BCUT2D eigenvalue weighted by Gasteiger charge is 2.47. The van der Waals surface area contributed by atoms with Crippen LogP contribution >= 0.6 is 0 Å². The number of aliphatic hydroxyl groups excluding tert-OH is 1. The van der Waals surface area contributed by atoms with E-state index in [2.05, 4.69) is 4.98 Å². The summed E-state index contributed by atoms with van der Waals surface area (Å²) in [5.74, 6) is -1.85. The zero-order chi connectivity index (χ0) is 26.4. The van der Waals surface area contributed by atoms with Gasteiger partial charge in [-0.25, -0.2) is 4.79 Å². The Morgan fingerprint density at radius 2 is 1.73 bits per heavy atom. The number of anilines is 1. The molecule has 0 radical (unpaired) electrons. The van der Waals surface area contributed by atoms with Gasteiger partial charge in [-0.1, -0.05) is 32.0 Å². The molecule has 37 heavy (non-hydrogen) atoms. The number of ether oxygens (including phenoxy) is 2. The van der Waals surface area contributed by atoms with Crippen LogP contribution < -0.4 is 9.64 Å². The number of hydrogen-bond acceptors (Lipinski definition) is 7. The lowest BCUT2D eigenvalue weighted by molar-refractivity contribution is -0.132. The summed E-state index contributed by atoms with van der Waals surface area (Å²) in [7, 11) is 0. The van der Waals surface area contributed by atoms with Gasteiger partial charge in [0.1, 0.15) is 11.5 Å². The quantitative estimate of drug-likeness (QED) is 0.189. The van der Waals surface area contributed by atoms with E-state index in [1.807, 2.05) is 13.8 Å². The molecule has 1 unspecified atom stereocenters. The molecule has 1 saturated heterocycles. The zero-order valence-electron chi connectivity index (χ0n) is 20.7. The Morgan fingerprint density at radius 3 is 2.41 bits per heavy atom. The Bertz CT molecular complexity index is 1320. The van der Waals surface area contributed by atoms with Crippen molar-refractivity contribution in [2.24, 2.45) is 0 Å². The molecule has 1 N–H and O–H groups in total. The minimum atomic E-state index is -0.924. The predicted molar refractivity (Wildman–Crippen MR) is 138 cm³/mol. The van der Waals surface area contributed by atoms with Gasteiger partial charge in [-0.2, -0.15) is 0 Å². The van der Waals surface area contributed by atoms with Crippen LogP contribution in [0.3, 0.4) is 0 Å². The molecule has 2 aromatic carbocycles. The van der Waals surface area contributed by atoms with E-state index in [4.69, 9.17) is 9.47 Å². The molecule has 8 heteroatoms. The van der Waals surface area contributed by atoms with Gasteiger partial charge >= 0.3 is 5.97 Å². The van der Waals surface area contributed by atoms with Crippen LogP contribution in [0, 0.1) is 0 Å². The number of aromatic nitrogens is 1. The molecule has 1 aliphatic rings. The van der Waals surface area contributed by atoms with Crippen molar-refractivity contribution >= 4 is 29.1 Å². The van der Waals surface area contributed by atoms with Crippen molar-refractivity contribution in [1.29, 1.82) is 0 Å². The van der Waals surface area contributed by atoms with Crippen LogP contribution in [0.2, 0.25) is 0 Å². The van der Waals surface area contributed by atoms with Crippen molar-refractivity contribution in [3.63, 3.8) is 0 Å². The van der Waals surface area contributed by atoms with Gasteiger partial charge in [-0.15, -0.1) is 0 Å². The van der Waals surface area contributed by atoms with Gasteiger partial charge in [0.25, 0.3) is 11.7 Å². The number of nitrogens with zero attached hydrogens (tertiary/aromatic N) is 2. The van der Waals surface area contributed by atoms with Gasteiger partial charge in [0.05, 0.1) is 30.4 Å². The summed E-state index contributed by atoms with van der Waals surface area (Å²) in [6, 6.07) is 15.5. The molecule has 1 aliphatic heterocycles. The second kappa shape index (κ2) is 11.5. The van der Waals surface area contributed by atoms with E-state index in [1.165, 1.54) is 4.90 Å². The summed E-state index contributed by atoms with van der Waals surface area (Å²) in [6.45, 7) is 4.70. The number of carbonyl (C=O) groups excluding carboxylic acids is 3. The molecule has 1 atom stereocenters. The smallest absolute Gasteiger partial charge is 0.338 e. The molecule has 8 nitrogen and oxygen atoms in total. The highest BCUT2D eigenvalue weighted by Crippen LogP contribution is 2.42. The average Bonchev–Trinajstić information content (AvgIpc) is 3.20. The SMILES string of the molecule is CCCOC(=O)c1ccc(N2C(=O)C(=O)/C(=C(/O)c3cccc(OCCC)c3)C2c2cccnc2)cc1. The lowest BCUT2D eigenvalue weighted by Gasteiger charge is -2.25. The summed E-state index contributed by atoms with van der Waals surface area (Å²) in [4.78, 5) is 44.3. The van der Waals surface area contributed by atoms with Gasteiger partial charge in [0.15, 0.2) is 0 Å². The minimum Gasteiger partial charge on any atom is -0.507 e. The summed E-state index contributed by atoms with van der Waals surface area (Å²) in [5, 5.41) is 11.3. The highest BCUT2D eigenvalue weighted by molar-refractivity contribution is 6.51. The maximum absolute atomic E-state index is 13.3. The lowest BCUT2D eigenvalue weighted by Crippen LogP contribution is -2.29. The summed E-state index contributed by atoms with van der Waals surface area (Å²) < 4.78 is 10.8. The number of Topliss-reactive ketones (excluding diaryl/α,β-unsaturated/α-hetero) is 1. The van der Waals surface area contributed by atoms with Crippen LogP contribution in [-0.2, 0) is 14.3 Å². The number of hydrogen-bond donors (Lipinski definition) is 1. The highest BCUT2D eigenvalue weighted by atomic mass is 16.5. The summed E-state index contributed by atoms with van der Waals surface area (Å²) in [5.41, 5.74) is 1.57. The standard InChI is InChI=1S/C29H28N2O6/c1-3-15-36-23-9-5-7-20(17-23)26(32)24-25(21-8-6-14-30-18-21)31(28(34)27(24)33)22-12-10-19(11-13-22)29(35)37-16-4-2/h5-14,17-18,25,32H,3-4,15-16H2,1-2H3/b26-24+. The van der Waals surface area contributed by atoms with Crippen LogP contribution in [0.15, 0.2) is 78.6 Å². The van der Waals surface area contributed by atoms with Gasteiger partial charge in [0, 0.05) is 23.6 Å². The van der Waals surface area contributed by atoms with Gasteiger partial charge in [0.2, 0.25) is 0 Å². The molecule has 1 fully saturated rings. The van der Waals surface area contributed by atoms with E-state index in [0.717, 1.165) is 6.42 Å². The van der Waals surface area contributed by atoms with Crippen molar-refractivity contribution in [3.05, 3.63) is 95.3 Å². The third-order valence-electron chi connectivity index (χ3n) is 5.84. The first-order valence-electron chi connectivity index (χ1n) is 12.2.